The number of amides is 1. The van der Waals surface area contributed by atoms with E-state index in [1.165, 1.54) is 12.3 Å². The van der Waals surface area contributed by atoms with Gasteiger partial charge in [0.2, 0.25) is 0 Å². The Kier molecular flexibility index (Phi) is 5.36. The summed E-state index contributed by atoms with van der Waals surface area (Å²) in [6.45, 7) is 0. The number of alkyl halides is 6. The molecule has 2 bridgehead atoms. The van der Waals surface area contributed by atoms with Crippen molar-refractivity contribution in [3.8, 4) is 17.0 Å². The molecule has 2 N–H and O–H groups in total. The van der Waals surface area contributed by atoms with Gasteiger partial charge in [-0.25, -0.2) is 4.39 Å². The fraction of sp³-hybridized carbons (Fsp3) is 0.400. The first-order valence-corrected chi connectivity index (χ1v) is 11.8. The SMILES string of the molecule is O=C(NC12CC(n3cc(-c4ccc(C(F)(F)F)cn4)cn3)(C1)C2)[C@H]1C[C@H](O)c2cc(C(F)(F)F)c(F)cc2O1. The molecule has 7 rings (SSSR count). The van der Waals surface area contributed by atoms with E-state index in [0.29, 0.717) is 42.7 Å². The molecule has 2 aromatic heterocycles. The molecule has 0 radical (unpaired) electrons. The standard InChI is InChI=1S/C25H19F7N4O3/c26-16-4-19-14(3-15(16)25(30,31)32)18(37)5-20(39-19)21(38)35-22-9-23(10-22,11-22)36-8-12(6-34-36)17-2-1-13(7-33-17)24(27,28)29/h1-4,6-8,18,20,37H,5,9-11H2,(H,35,38)/t18-,20+,22?,23?/m0/s1. The van der Waals surface area contributed by atoms with Crippen LogP contribution >= 0.6 is 0 Å². The number of halogens is 7. The zero-order valence-corrected chi connectivity index (χ0v) is 19.8. The van der Waals surface area contributed by atoms with E-state index >= 15 is 0 Å². The fourth-order valence-corrected chi connectivity index (χ4v) is 5.74. The Labute approximate surface area is 215 Å². The van der Waals surface area contributed by atoms with Crippen LogP contribution in [0, 0.1) is 5.82 Å². The van der Waals surface area contributed by atoms with Crippen molar-refractivity contribution < 1.29 is 45.4 Å². The maximum Gasteiger partial charge on any atom is 0.419 e. The molecule has 0 saturated heterocycles. The molecule has 206 valence electrons. The fourth-order valence-electron chi connectivity index (χ4n) is 5.74. The molecule has 1 aromatic carbocycles. The van der Waals surface area contributed by atoms with Crippen LogP contribution in [-0.4, -0.2) is 37.4 Å². The number of nitrogens with one attached hydrogen (secondary N) is 1. The van der Waals surface area contributed by atoms with E-state index in [1.54, 1.807) is 10.9 Å². The van der Waals surface area contributed by atoms with E-state index in [9.17, 15) is 40.6 Å². The molecular weight excluding hydrogens is 537 g/mol. The van der Waals surface area contributed by atoms with E-state index in [1.807, 2.05) is 0 Å². The summed E-state index contributed by atoms with van der Waals surface area (Å²) < 4.78 is 98.5. The highest BCUT2D eigenvalue weighted by Gasteiger charge is 2.70. The van der Waals surface area contributed by atoms with Gasteiger partial charge in [-0.05, 0) is 37.5 Å². The maximum atomic E-state index is 14.0. The molecule has 1 aliphatic heterocycles. The molecule has 0 unspecified atom stereocenters. The number of carbonyl (C=O) groups excluding carboxylic acids is 1. The number of hydrogen-bond donors (Lipinski definition) is 2. The first kappa shape index (κ1) is 25.6. The number of ether oxygens (including phenoxy) is 1. The monoisotopic (exact) mass is 556 g/mol. The van der Waals surface area contributed by atoms with Crippen LogP contribution in [0.15, 0.2) is 42.9 Å². The van der Waals surface area contributed by atoms with E-state index in [4.69, 9.17) is 4.74 Å². The molecule has 3 saturated carbocycles. The normalized spacial score (nSPS) is 27.6. The van der Waals surface area contributed by atoms with Crippen molar-refractivity contribution in [1.29, 1.82) is 0 Å². The quantitative estimate of drug-likeness (QED) is 0.453. The zero-order chi connectivity index (χ0) is 28.0. The highest BCUT2D eigenvalue weighted by atomic mass is 19.4. The Morgan fingerprint density at radius 1 is 1.08 bits per heavy atom. The van der Waals surface area contributed by atoms with Crippen LogP contribution in [0.4, 0.5) is 30.7 Å². The van der Waals surface area contributed by atoms with Gasteiger partial charge in [-0.3, -0.25) is 14.5 Å². The van der Waals surface area contributed by atoms with Crippen molar-refractivity contribution >= 4 is 5.91 Å². The van der Waals surface area contributed by atoms with Crippen molar-refractivity contribution in [3.05, 3.63) is 65.4 Å². The number of aliphatic hydroxyl groups is 1. The first-order chi connectivity index (χ1) is 18.2. The molecule has 3 aromatic rings. The third-order valence-electron chi connectivity index (χ3n) is 7.61. The topological polar surface area (TPSA) is 89.3 Å². The summed E-state index contributed by atoms with van der Waals surface area (Å²) in [6.07, 6.45) is -6.93. The second kappa shape index (κ2) is 8.16. The number of rotatable bonds is 4. The highest BCUT2D eigenvalue weighted by Crippen LogP contribution is 2.65. The van der Waals surface area contributed by atoms with Gasteiger partial charge in [-0.15, -0.1) is 0 Å². The number of fused-ring (bicyclic) bond motifs is 1. The lowest BCUT2D eigenvalue weighted by atomic mass is 9.44. The molecule has 39 heavy (non-hydrogen) atoms. The average molecular weight is 556 g/mol. The first-order valence-electron chi connectivity index (χ1n) is 11.8. The summed E-state index contributed by atoms with van der Waals surface area (Å²) in [4.78, 5) is 16.8. The third kappa shape index (κ3) is 4.21. The van der Waals surface area contributed by atoms with E-state index < -0.39 is 53.0 Å². The van der Waals surface area contributed by atoms with Crippen molar-refractivity contribution in [2.75, 3.05) is 0 Å². The predicted octanol–water partition coefficient (Wildman–Crippen LogP) is 4.75. The van der Waals surface area contributed by atoms with Crippen molar-refractivity contribution in [1.82, 2.24) is 20.1 Å². The molecule has 2 atom stereocenters. The minimum Gasteiger partial charge on any atom is -0.480 e. The van der Waals surface area contributed by atoms with E-state index in [-0.39, 0.29) is 23.3 Å². The molecule has 7 nitrogen and oxygen atoms in total. The second-order valence-electron chi connectivity index (χ2n) is 10.4. The summed E-state index contributed by atoms with van der Waals surface area (Å²) in [5.74, 6) is -2.47. The molecule has 4 aliphatic rings. The molecule has 3 heterocycles. The maximum absolute atomic E-state index is 14.0. The number of aliphatic hydroxyl groups excluding tert-OH is 1. The van der Waals surface area contributed by atoms with Gasteiger partial charge in [0.25, 0.3) is 5.91 Å². The lowest BCUT2D eigenvalue weighted by Crippen LogP contribution is -2.79. The summed E-state index contributed by atoms with van der Waals surface area (Å²) in [6, 6.07) is 3.22. The van der Waals surface area contributed by atoms with Crippen LogP contribution in [0.5, 0.6) is 5.75 Å². The van der Waals surface area contributed by atoms with Crippen LogP contribution in [0.25, 0.3) is 11.3 Å². The van der Waals surface area contributed by atoms with Gasteiger partial charge in [-0.2, -0.15) is 31.4 Å². The van der Waals surface area contributed by atoms with E-state index in [0.717, 1.165) is 12.3 Å². The molecule has 1 amide bonds. The van der Waals surface area contributed by atoms with Crippen LogP contribution in [0.1, 0.15) is 48.5 Å². The van der Waals surface area contributed by atoms with Gasteiger partial charge in [-0.1, -0.05) is 0 Å². The number of aromatic nitrogens is 3. The molecule has 3 aliphatic carbocycles. The Hall–Kier alpha value is -3.68. The Morgan fingerprint density at radius 2 is 1.79 bits per heavy atom. The minimum absolute atomic E-state index is 0.241. The number of hydrogen-bond acceptors (Lipinski definition) is 5. The Morgan fingerprint density at radius 3 is 2.41 bits per heavy atom. The summed E-state index contributed by atoms with van der Waals surface area (Å²) in [5.41, 5.74) is -2.70. The van der Waals surface area contributed by atoms with Crippen LogP contribution in [0.2, 0.25) is 0 Å². The predicted molar refractivity (Wildman–Crippen MR) is 119 cm³/mol. The zero-order valence-electron chi connectivity index (χ0n) is 19.8. The summed E-state index contributed by atoms with van der Waals surface area (Å²) in [7, 11) is 0. The van der Waals surface area contributed by atoms with E-state index in [2.05, 4.69) is 15.4 Å². The van der Waals surface area contributed by atoms with Crippen LogP contribution < -0.4 is 10.1 Å². The lowest BCUT2D eigenvalue weighted by Gasteiger charge is -2.70. The van der Waals surface area contributed by atoms with Gasteiger partial charge in [0.15, 0.2) is 6.10 Å². The van der Waals surface area contributed by atoms with Crippen molar-refractivity contribution in [2.24, 2.45) is 0 Å². The van der Waals surface area contributed by atoms with Gasteiger partial charge >= 0.3 is 12.4 Å². The average Bonchev–Trinajstić information content (AvgIpc) is 3.28. The molecule has 3 fully saturated rings. The number of benzene rings is 1. The van der Waals surface area contributed by atoms with Gasteiger partial charge in [0.1, 0.15) is 11.6 Å². The number of nitrogens with zero attached hydrogens (tertiary/aromatic N) is 3. The summed E-state index contributed by atoms with van der Waals surface area (Å²) in [5, 5.41) is 17.6. The largest absolute Gasteiger partial charge is 0.480 e. The Bertz CT molecular complexity index is 1450. The van der Waals surface area contributed by atoms with Crippen LogP contribution in [-0.2, 0) is 22.7 Å². The second-order valence-corrected chi connectivity index (χ2v) is 10.4. The number of carbonyl (C=O) groups is 1. The number of pyridine rings is 1. The molecule has 14 heteroatoms. The highest BCUT2D eigenvalue weighted by molar-refractivity contribution is 5.83. The summed E-state index contributed by atoms with van der Waals surface area (Å²) >= 11 is 0. The lowest BCUT2D eigenvalue weighted by molar-refractivity contribution is -0.165. The molecule has 0 spiro atoms. The smallest absolute Gasteiger partial charge is 0.419 e. The van der Waals surface area contributed by atoms with Gasteiger partial charge in [0, 0.05) is 41.5 Å². The third-order valence-corrected chi connectivity index (χ3v) is 7.61. The van der Waals surface area contributed by atoms with Crippen LogP contribution in [0.3, 0.4) is 0 Å². The van der Waals surface area contributed by atoms with Gasteiger partial charge < -0.3 is 15.2 Å². The molecular formula is C25H19F7N4O3. The minimum atomic E-state index is -4.95. The van der Waals surface area contributed by atoms with Crippen molar-refractivity contribution in [3.63, 3.8) is 0 Å². The van der Waals surface area contributed by atoms with Gasteiger partial charge in [0.05, 0.1) is 34.7 Å². The van der Waals surface area contributed by atoms with Crippen molar-refractivity contribution in [2.45, 2.75) is 61.3 Å². The Balaban J connectivity index is 1.09.